The van der Waals surface area contributed by atoms with Crippen LogP contribution in [0.15, 0.2) is 40.9 Å². The molecule has 0 aromatic heterocycles. The number of halogens is 1. The second-order valence-corrected chi connectivity index (χ2v) is 5.20. The molecular weight excluding hydrogens is 320 g/mol. The van der Waals surface area contributed by atoms with Gasteiger partial charge in [-0.3, -0.25) is 0 Å². The number of carbonyl (C=O) groups excluding carboxylic acids is 1. The van der Waals surface area contributed by atoms with Crippen molar-refractivity contribution in [1.29, 1.82) is 0 Å². The number of hydrogen-bond donors (Lipinski definition) is 2. The fraction of sp³-hybridized carbons (Fsp3) is 0.133. The summed E-state index contributed by atoms with van der Waals surface area (Å²) in [5, 5.41) is 3.17. The topological polar surface area (TPSA) is 64.3 Å². The molecule has 0 amide bonds. The molecule has 0 aliphatic carbocycles. The summed E-state index contributed by atoms with van der Waals surface area (Å²) < 4.78 is 5.75. The van der Waals surface area contributed by atoms with Crippen LogP contribution in [0.25, 0.3) is 0 Å². The van der Waals surface area contributed by atoms with E-state index in [1.54, 1.807) is 18.2 Å². The summed E-state index contributed by atoms with van der Waals surface area (Å²) in [4.78, 5) is 11.8. The number of esters is 1. The highest BCUT2D eigenvalue weighted by atomic mass is 79.9. The average molecular weight is 335 g/mol. The Morgan fingerprint density at radius 3 is 2.70 bits per heavy atom. The van der Waals surface area contributed by atoms with Gasteiger partial charge in [-0.2, -0.15) is 0 Å². The summed E-state index contributed by atoms with van der Waals surface area (Å²) in [5.41, 5.74) is 9.36. The fourth-order valence-corrected chi connectivity index (χ4v) is 2.18. The van der Waals surface area contributed by atoms with Gasteiger partial charge in [-0.05, 0) is 36.8 Å². The fourth-order valence-electron chi connectivity index (χ4n) is 1.80. The number of aryl methyl sites for hydroxylation is 1. The Morgan fingerprint density at radius 1 is 1.30 bits per heavy atom. The molecule has 0 bridgehead atoms. The van der Waals surface area contributed by atoms with Crippen LogP contribution >= 0.6 is 15.9 Å². The van der Waals surface area contributed by atoms with Crippen molar-refractivity contribution < 1.29 is 9.53 Å². The number of para-hydroxylation sites is 1. The zero-order chi connectivity index (χ0) is 14.7. The molecule has 2 rings (SSSR count). The number of nitrogen functional groups attached to an aromatic ring is 1. The second kappa shape index (κ2) is 5.96. The Balaban J connectivity index is 2.42. The van der Waals surface area contributed by atoms with E-state index in [0.717, 1.165) is 15.7 Å². The largest absolute Gasteiger partial charge is 0.465 e. The van der Waals surface area contributed by atoms with E-state index in [1.807, 2.05) is 25.1 Å². The van der Waals surface area contributed by atoms with Gasteiger partial charge in [-0.15, -0.1) is 0 Å². The van der Waals surface area contributed by atoms with Crippen LogP contribution in [0.4, 0.5) is 17.1 Å². The average Bonchev–Trinajstić information content (AvgIpc) is 2.44. The van der Waals surface area contributed by atoms with Crippen molar-refractivity contribution in [2.45, 2.75) is 6.92 Å². The molecule has 4 nitrogen and oxygen atoms in total. The maximum Gasteiger partial charge on any atom is 0.340 e. The van der Waals surface area contributed by atoms with E-state index in [2.05, 4.69) is 21.2 Å². The highest BCUT2D eigenvalue weighted by Gasteiger charge is 2.14. The standard InChI is InChI=1S/C15H15BrN2O2/c1-9-6-7-10(8-12(9)16)18-14-11(15(19)20-2)4-3-5-13(14)17/h3-8,18H,17H2,1-2H3. The normalized spacial score (nSPS) is 10.2. The lowest BCUT2D eigenvalue weighted by Crippen LogP contribution is -2.08. The van der Waals surface area contributed by atoms with Gasteiger partial charge in [0.1, 0.15) is 0 Å². The van der Waals surface area contributed by atoms with Gasteiger partial charge in [-0.1, -0.05) is 28.1 Å². The quantitative estimate of drug-likeness (QED) is 0.660. The first-order chi connectivity index (χ1) is 9.52. The Kier molecular flexibility index (Phi) is 4.29. The molecule has 0 saturated heterocycles. The van der Waals surface area contributed by atoms with Gasteiger partial charge < -0.3 is 15.8 Å². The van der Waals surface area contributed by atoms with Gasteiger partial charge in [0.05, 0.1) is 24.0 Å². The zero-order valence-corrected chi connectivity index (χ0v) is 12.8. The maximum atomic E-state index is 11.8. The minimum atomic E-state index is -0.425. The molecule has 0 aliphatic rings. The van der Waals surface area contributed by atoms with E-state index in [9.17, 15) is 4.79 Å². The van der Waals surface area contributed by atoms with Crippen LogP contribution in [0.5, 0.6) is 0 Å². The molecule has 0 atom stereocenters. The third-order valence-corrected chi connectivity index (χ3v) is 3.80. The lowest BCUT2D eigenvalue weighted by molar-refractivity contribution is 0.0602. The predicted molar refractivity (Wildman–Crippen MR) is 84.4 cm³/mol. The molecule has 104 valence electrons. The summed E-state index contributed by atoms with van der Waals surface area (Å²) in [6.07, 6.45) is 0. The number of methoxy groups -OCH3 is 1. The lowest BCUT2D eigenvalue weighted by atomic mass is 10.1. The molecule has 0 saturated carbocycles. The van der Waals surface area contributed by atoms with E-state index in [0.29, 0.717) is 16.9 Å². The van der Waals surface area contributed by atoms with Crippen LogP contribution in [0.2, 0.25) is 0 Å². The van der Waals surface area contributed by atoms with Crippen LogP contribution in [0, 0.1) is 6.92 Å². The summed E-state index contributed by atoms with van der Waals surface area (Å²) in [6, 6.07) is 11.0. The molecule has 0 spiro atoms. The van der Waals surface area contributed by atoms with E-state index >= 15 is 0 Å². The van der Waals surface area contributed by atoms with Crippen molar-refractivity contribution in [3.8, 4) is 0 Å². The summed E-state index contributed by atoms with van der Waals surface area (Å²) in [6.45, 7) is 2.00. The molecule has 0 aliphatic heterocycles. The Hall–Kier alpha value is -2.01. The highest BCUT2D eigenvalue weighted by Crippen LogP contribution is 2.29. The molecular formula is C15H15BrN2O2. The summed E-state index contributed by atoms with van der Waals surface area (Å²) >= 11 is 3.48. The van der Waals surface area contributed by atoms with Gasteiger partial charge in [0.2, 0.25) is 0 Å². The van der Waals surface area contributed by atoms with Gasteiger partial charge in [0, 0.05) is 10.2 Å². The van der Waals surface area contributed by atoms with Crippen LogP contribution in [-0.2, 0) is 4.74 Å². The third kappa shape index (κ3) is 2.93. The number of nitrogens with one attached hydrogen (secondary N) is 1. The number of ether oxygens (including phenoxy) is 1. The molecule has 5 heteroatoms. The Labute approximate surface area is 126 Å². The van der Waals surface area contributed by atoms with Crippen molar-refractivity contribution in [3.05, 3.63) is 52.0 Å². The van der Waals surface area contributed by atoms with Crippen molar-refractivity contribution in [1.82, 2.24) is 0 Å². The second-order valence-electron chi connectivity index (χ2n) is 4.35. The van der Waals surface area contributed by atoms with Crippen molar-refractivity contribution in [2.24, 2.45) is 0 Å². The number of hydrogen-bond acceptors (Lipinski definition) is 4. The maximum absolute atomic E-state index is 11.8. The van der Waals surface area contributed by atoms with E-state index in [4.69, 9.17) is 10.5 Å². The van der Waals surface area contributed by atoms with Gasteiger partial charge in [0.25, 0.3) is 0 Å². The lowest BCUT2D eigenvalue weighted by Gasteiger charge is -2.14. The molecule has 0 unspecified atom stereocenters. The minimum absolute atomic E-state index is 0.407. The first-order valence-corrected chi connectivity index (χ1v) is 6.82. The minimum Gasteiger partial charge on any atom is -0.465 e. The molecule has 3 N–H and O–H groups in total. The van der Waals surface area contributed by atoms with E-state index in [1.165, 1.54) is 7.11 Å². The third-order valence-electron chi connectivity index (χ3n) is 2.94. The van der Waals surface area contributed by atoms with Crippen molar-refractivity contribution in [2.75, 3.05) is 18.2 Å². The van der Waals surface area contributed by atoms with Crippen LogP contribution in [0.3, 0.4) is 0 Å². The monoisotopic (exact) mass is 334 g/mol. The smallest absolute Gasteiger partial charge is 0.340 e. The Bertz CT molecular complexity index is 656. The highest BCUT2D eigenvalue weighted by molar-refractivity contribution is 9.10. The van der Waals surface area contributed by atoms with E-state index in [-0.39, 0.29) is 0 Å². The predicted octanol–water partition coefficient (Wildman–Crippen LogP) is 3.87. The van der Waals surface area contributed by atoms with Crippen molar-refractivity contribution in [3.63, 3.8) is 0 Å². The van der Waals surface area contributed by atoms with E-state index < -0.39 is 5.97 Å². The number of carbonyl (C=O) groups is 1. The number of rotatable bonds is 3. The van der Waals surface area contributed by atoms with Crippen LogP contribution in [0.1, 0.15) is 15.9 Å². The van der Waals surface area contributed by atoms with Crippen LogP contribution in [-0.4, -0.2) is 13.1 Å². The van der Waals surface area contributed by atoms with Gasteiger partial charge in [0.15, 0.2) is 0 Å². The number of benzene rings is 2. The number of nitrogens with two attached hydrogens (primary N) is 1. The zero-order valence-electron chi connectivity index (χ0n) is 11.2. The molecule has 2 aromatic carbocycles. The summed E-state index contributed by atoms with van der Waals surface area (Å²) in [5.74, 6) is -0.425. The SMILES string of the molecule is COC(=O)c1cccc(N)c1Nc1ccc(C)c(Br)c1. The summed E-state index contributed by atoms with van der Waals surface area (Å²) in [7, 11) is 1.35. The molecule has 0 radical (unpaired) electrons. The van der Waals surface area contributed by atoms with Crippen molar-refractivity contribution >= 4 is 39.0 Å². The molecule has 0 heterocycles. The van der Waals surface area contributed by atoms with Gasteiger partial charge >= 0.3 is 5.97 Å². The van der Waals surface area contributed by atoms with Gasteiger partial charge in [-0.25, -0.2) is 4.79 Å². The van der Waals surface area contributed by atoms with Crippen LogP contribution < -0.4 is 11.1 Å². The first kappa shape index (κ1) is 14.4. The first-order valence-electron chi connectivity index (χ1n) is 6.03. The molecule has 2 aromatic rings. The molecule has 20 heavy (non-hydrogen) atoms. The Morgan fingerprint density at radius 2 is 2.05 bits per heavy atom. The molecule has 0 fully saturated rings. The number of anilines is 3.